The molecule has 1 heterocycles. The van der Waals surface area contributed by atoms with Crippen LogP contribution in [-0.4, -0.2) is 29.5 Å². The molecule has 2 aromatic rings. The number of hydrogen-bond donors (Lipinski definition) is 2. The molecule has 0 aliphatic carbocycles. The first-order valence-electron chi connectivity index (χ1n) is 7.80. The molecule has 0 saturated carbocycles. The van der Waals surface area contributed by atoms with Crippen molar-refractivity contribution >= 4 is 23.3 Å². The molecule has 1 aromatic carbocycles. The van der Waals surface area contributed by atoms with Gasteiger partial charge < -0.3 is 15.4 Å². The molecule has 2 rings (SSSR count). The number of para-hydroxylation sites is 1. The number of anilines is 2. The zero-order chi connectivity index (χ0) is 17.5. The third-order valence-corrected chi connectivity index (χ3v) is 3.13. The SMILES string of the molecule is CCOC(=O)c1ccccc1NC(=O)c1cncc(NC(C)C)c1. The number of carbonyl (C=O) groups excluding carboxylic acids is 2. The van der Waals surface area contributed by atoms with E-state index in [1.54, 1.807) is 43.5 Å². The van der Waals surface area contributed by atoms with Crippen molar-refractivity contribution in [2.45, 2.75) is 26.8 Å². The number of ether oxygens (including phenoxy) is 1. The number of amides is 1. The minimum Gasteiger partial charge on any atom is -0.462 e. The molecule has 1 aromatic heterocycles. The molecule has 6 nitrogen and oxygen atoms in total. The summed E-state index contributed by atoms with van der Waals surface area (Å²) in [6.07, 6.45) is 3.14. The topological polar surface area (TPSA) is 80.3 Å². The summed E-state index contributed by atoms with van der Waals surface area (Å²) < 4.78 is 5.01. The van der Waals surface area contributed by atoms with Gasteiger partial charge in [-0.1, -0.05) is 12.1 Å². The van der Waals surface area contributed by atoms with Crippen LogP contribution in [0.25, 0.3) is 0 Å². The Bertz CT molecular complexity index is 729. The van der Waals surface area contributed by atoms with Gasteiger partial charge in [-0.2, -0.15) is 0 Å². The lowest BCUT2D eigenvalue weighted by molar-refractivity contribution is 0.0527. The molecule has 24 heavy (non-hydrogen) atoms. The quantitative estimate of drug-likeness (QED) is 0.796. The van der Waals surface area contributed by atoms with E-state index in [1.807, 2.05) is 13.8 Å². The van der Waals surface area contributed by atoms with Gasteiger partial charge in [0, 0.05) is 18.4 Å². The van der Waals surface area contributed by atoms with Gasteiger partial charge in [-0.15, -0.1) is 0 Å². The van der Waals surface area contributed by atoms with Crippen LogP contribution < -0.4 is 10.6 Å². The molecule has 126 valence electrons. The lowest BCUT2D eigenvalue weighted by Gasteiger charge is -2.12. The summed E-state index contributed by atoms with van der Waals surface area (Å²) in [4.78, 5) is 28.5. The number of nitrogens with zero attached hydrogens (tertiary/aromatic N) is 1. The van der Waals surface area contributed by atoms with E-state index in [9.17, 15) is 9.59 Å². The van der Waals surface area contributed by atoms with Gasteiger partial charge in [-0.05, 0) is 39.0 Å². The molecular formula is C18H21N3O3. The van der Waals surface area contributed by atoms with Crippen LogP contribution in [0.3, 0.4) is 0 Å². The molecule has 0 fully saturated rings. The normalized spacial score (nSPS) is 10.3. The molecule has 0 unspecified atom stereocenters. The van der Waals surface area contributed by atoms with Crippen molar-refractivity contribution in [3.8, 4) is 0 Å². The average Bonchev–Trinajstić information content (AvgIpc) is 2.55. The summed E-state index contributed by atoms with van der Waals surface area (Å²) in [7, 11) is 0. The Balaban J connectivity index is 2.20. The van der Waals surface area contributed by atoms with Gasteiger partial charge in [0.15, 0.2) is 0 Å². The first kappa shape index (κ1) is 17.5. The molecule has 0 atom stereocenters. The maximum atomic E-state index is 12.5. The van der Waals surface area contributed by atoms with Crippen LogP contribution in [-0.2, 0) is 4.74 Å². The Labute approximate surface area is 141 Å². The minimum absolute atomic E-state index is 0.231. The van der Waals surface area contributed by atoms with Crippen LogP contribution in [0.1, 0.15) is 41.5 Å². The highest BCUT2D eigenvalue weighted by molar-refractivity contribution is 6.08. The van der Waals surface area contributed by atoms with Crippen molar-refractivity contribution in [1.29, 1.82) is 0 Å². The van der Waals surface area contributed by atoms with Gasteiger partial charge in [0.25, 0.3) is 5.91 Å². The van der Waals surface area contributed by atoms with Crippen molar-refractivity contribution in [1.82, 2.24) is 4.98 Å². The largest absolute Gasteiger partial charge is 0.462 e. The third-order valence-electron chi connectivity index (χ3n) is 3.13. The van der Waals surface area contributed by atoms with E-state index >= 15 is 0 Å². The fourth-order valence-electron chi connectivity index (χ4n) is 2.15. The summed E-state index contributed by atoms with van der Waals surface area (Å²) in [6.45, 7) is 6.01. The molecule has 0 saturated heterocycles. The Morgan fingerprint density at radius 2 is 1.96 bits per heavy atom. The number of benzene rings is 1. The summed E-state index contributed by atoms with van der Waals surface area (Å²) >= 11 is 0. The minimum atomic E-state index is -0.471. The molecule has 0 bridgehead atoms. The number of aromatic nitrogens is 1. The molecule has 0 spiro atoms. The number of pyridine rings is 1. The number of nitrogens with one attached hydrogen (secondary N) is 2. The first-order chi connectivity index (χ1) is 11.5. The number of carbonyl (C=O) groups is 2. The van der Waals surface area contributed by atoms with Gasteiger partial charge in [0.2, 0.25) is 0 Å². The maximum absolute atomic E-state index is 12.5. The molecule has 0 radical (unpaired) electrons. The fraction of sp³-hybridized carbons (Fsp3) is 0.278. The van der Waals surface area contributed by atoms with Crippen molar-refractivity contribution in [3.63, 3.8) is 0 Å². The van der Waals surface area contributed by atoms with Gasteiger partial charge in [0.1, 0.15) is 0 Å². The van der Waals surface area contributed by atoms with Crippen molar-refractivity contribution < 1.29 is 14.3 Å². The van der Waals surface area contributed by atoms with Gasteiger partial charge in [-0.25, -0.2) is 4.79 Å². The molecule has 0 aliphatic rings. The lowest BCUT2D eigenvalue weighted by Crippen LogP contribution is -2.17. The Hall–Kier alpha value is -2.89. The molecule has 2 N–H and O–H groups in total. The van der Waals surface area contributed by atoms with Crippen LogP contribution in [0.2, 0.25) is 0 Å². The van der Waals surface area contributed by atoms with Gasteiger partial charge in [-0.3, -0.25) is 9.78 Å². The highest BCUT2D eigenvalue weighted by Crippen LogP contribution is 2.18. The van der Waals surface area contributed by atoms with Crippen LogP contribution in [0, 0.1) is 0 Å². The van der Waals surface area contributed by atoms with E-state index in [1.165, 1.54) is 6.20 Å². The lowest BCUT2D eigenvalue weighted by atomic mass is 10.1. The molecule has 1 amide bonds. The molecule has 0 aliphatic heterocycles. The second-order valence-corrected chi connectivity index (χ2v) is 5.48. The Morgan fingerprint density at radius 3 is 2.67 bits per heavy atom. The predicted octanol–water partition coefficient (Wildman–Crippen LogP) is 3.33. The van der Waals surface area contributed by atoms with E-state index < -0.39 is 5.97 Å². The average molecular weight is 327 g/mol. The van der Waals surface area contributed by atoms with Gasteiger partial charge in [0.05, 0.1) is 29.1 Å². The monoisotopic (exact) mass is 327 g/mol. The summed E-state index contributed by atoms with van der Waals surface area (Å²) in [5.74, 6) is -0.812. The summed E-state index contributed by atoms with van der Waals surface area (Å²) in [6, 6.07) is 8.69. The number of rotatable bonds is 6. The van der Waals surface area contributed by atoms with Gasteiger partial charge >= 0.3 is 5.97 Å². The highest BCUT2D eigenvalue weighted by atomic mass is 16.5. The summed E-state index contributed by atoms with van der Waals surface area (Å²) in [5, 5.41) is 5.93. The predicted molar refractivity (Wildman–Crippen MR) is 93.3 cm³/mol. The van der Waals surface area contributed by atoms with E-state index in [-0.39, 0.29) is 18.6 Å². The molecule has 6 heteroatoms. The second kappa shape index (κ2) is 8.10. The van der Waals surface area contributed by atoms with Crippen molar-refractivity contribution in [2.24, 2.45) is 0 Å². The van der Waals surface area contributed by atoms with Crippen LogP contribution >= 0.6 is 0 Å². The zero-order valence-electron chi connectivity index (χ0n) is 14.0. The zero-order valence-corrected chi connectivity index (χ0v) is 14.0. The van der Waals surface area contributed by atoms with E-state index in [0.29, 0.717) is 16.8 Å². The van der Waals surface area contributed by atoms with E-state index in [4.69, 9.17) is 4.74 Å². The summed E-state index contributed by atoms with van der Waals surface area (Å²) in [5.41, 5.74) is 1.89. The highest BCUT2D eigenvalue weighted by Gasteiger charge is 2.15. The maximum Gasteiger partial charge on any atom is 0.340 e. The fourth-order valence-corrected chi connectivity index (χ4v) is 2.15. The van der Waals surface area contributed by atoms with Crippen LogP contribution in [0.4, 0.5) is 11.4 Å². The molecular weight excluding hydrogens is 306 g/mol. The second-order valence-electron chi connectivity index (χ2n) is 5.48. The van der Waals surface area contributed by atoms with E-state index in [2.05, 4.69) is 15.6 Å². The van der Waals surface area contributed by atoms with Crippen molar-refractivity contribution in [2.75, 3.05) is 17.2 Å². The van der Waals surface area contributed by atoms with Crippen molar-refractivity contribution in [3.05, 3.63) is 53.9 Å². The Kier molecular flexibility index (Phi) is 5.89. The van der Waals surface area contributed by atoms with E-state index in [0.717, 1.165) is 5.69 Å². The Morgan fingerprint density at radius 1 is 1.21 bits per heavy atom. The van der Waals surface area contributed by atoms with Crippen LogP contribution in [0.15, 0.2) is 42.7 Å². The number of esters is 1. The third kappa shape index (κ3) is 4.55. The smallest absolute Gasteiger partial charge is 0.340 e. The standard InChI is InChI=1S/C18H21N3O3/c1-4-24-18(23)15-7-5-6-8-16(15)21-17(22)13-9-14(11-19-10-13)20-12(2)3/h5-12,20H,4H2,1-3H3,(H,21,22). The van der Waals surface area contributed by atoms with Crippen LogP contribution in [0.5, 0.6) is 0 Å². The number of hydrogen-bond acceptors (Lipinski definition) is 5. The first-order valence-corrected chi connectivity index (χ1v) is 7.80.